The van der Waals surface area contributed by atoms with Crippen molar-refractivity contribution in [2.24, 2.45) is 5.73 Å². The summed E-state index contributed by atoms with van der Waals surface area (Å²) in [5, 5.41) is 16.6. The Bertz CT molecular complexity index is 1250. The van der Waals surface area contributed by atoms with Crippen LogP contribution in [-0.2, 0) is 36.9 Å². The number of ether oxygens (including phenoxy) is 3. The number of likely N-dealkylation sites (tertiary alicyclic amines) is 1. The first kappa shape index (κ1) is 34.3. The number of esters is 1. The highest BCUT2D eigenvalue weighted by Gasteiger charge is 2.37. The summed E-state index contributed by atoms with van der Waals surface area (Å²) >= 11 is 0. The van der Waals surface area contributed by atoms with Gasteiger partial charge in [-0.25, -0.2) is 4.79 Å². The molecule has 0 aliphatic carbocycles. The molecule has 1 fully saturated rings. The molecule has 2 aromatic rings. The number of β-amino-alcohol motifs (C(OH)–C–C–N with tert-alkyl or cyclic N) is 1. The van der Waals surface area contributed by atoms with Crippen molar-refractivity contribution in [3.8, 4) is 5.75 Å². The van der Waals surface area contributed by atoms with Crippen LogP contribution >= 0.6 is 0 Å². The first-order valence-corrected chi connectivity index (χ1v) is 14.7. The Balaban J connectivity index is 1.74. The Morgan fingerprint density at radius 1 is 1.02 bits per heavy atom. The van der Waals surface area contributed by atoms with Crippen LogP contribution in [0.4, 0.5) is 4.79 Å². The first-order valence-electron chi connectivity index (χ1n) is 14.7. The summed E-state index contributed by atoms with van der Waals surface area (Å²) in [6.45, 7) is 6.01. The fourth-order valence-electron chi connectivity index (χ4n) is 4.95. The third kappa shape index (κ3) is 11.2. The number of aliphatic hydroxyl groups is 1. The minimum absolute atomic E-state index is 0.0367. The molecule has 0 aromatic heterocycles. The highest BCUT2D eigenvalue weighted by atomic mass is 16.6. The molecule has 0 bridgehead atoms. The van der Waals surface area contributed by atoms with Gasteiger partial charge in [-0.15, -0.1) is 0 Å². The molecule has 240 valence electrons. The van der Waals surface area contributed by atoms with Crippen LogP contribution < -0.4 is 21.1 Å². The number of methoxy groups -OCH3 is 1. The van der Waals surface area contributed by atoms with Gasteiger partial charge in [0, 0.05) is 6.54 Å². The van der Waals surface area contributed by atoms with Gasteiger partial charge in [-0.2, -0.15) is 0 Å². The van der Waals surface area contributed by atoms with Crippen LogP contribution in [0.3, 0.4) is 0 Å². The Labute approximate surface area is 258 Å². The predicted molar refractivity (Wildman–Crippen MR) is 162 cm³/mol. The summed E-state index contributed by atoms with van der Waals surface area (Å²) in [5.41, 5.74) is 6.27. The van der Waals surface area contributed by atoms with E-state index in [2.05, 4.69) is 10.6 Å². The van der Waals surface area contributed by atoms with Crippen molar-refractivity contribution < 1.29 is 38.5 Å². The molecule has 44 heavy (non-hydrogen) atoms. The molecular formula is C32H44N4O8. The number of hydrogen-bond donors (Lipinski definition) is 4. The van der Waals surface area contributed by atoms with Crippen molar-refractivity contribution in [1.82, 2.24) is 15.5 Å². The van der Waals surface area contributed by atoms with Gasteiger partial charge in [0.1, 0.15) is 30.0 Å². The second kappa shape index (κ2) is 16.1. The van der Waals surface area contributed by atoms with E-state index < -0.39 is 54.2 Å². The van der Waals surface area contributed by atoms with Gasteiger partial charge in [0.15, 0.2) is 0 Å². The minimum atomic E-state index is -1.34. The van der Waals surface area contributed by atoms with Gasteiger partial charge >= 0.3 is 12.1 Å². The number of nitrogens with zero attached hydrogens (tertiary/aromatic N) is 1. The number of nitrogens with two attached hydrogens (primary N) is 1. The largest absolute Gasteiger partial charge is 0.497 e. The quantitative estimate of drug-likeness (QED) is 0.233. The van der Waals surface area contributed by atoms with Gasteiger partial charge in [0.2, 0.25) is 11.8 Å². The summed E-state index contributed by atoms with van der Waals surface area (Å²) in [4.78, 5) is 52.5. The number of aliphatic hydroxyl groups excluding tert-OH is 1. The average Bonchev–Trinajstić information content (AvgIpc) is 3.43. The van der Waals surface area contributed by atoms with E-state index in [4.69, 9.17) is 19.9 Å². The van der Waals surface area contributed by atoms with Crippen molar-refractivity contribution in [3.63, 3.8) is 0 Å². The molecule has 5 N–H and O–H groups in total. The number of carbonyl (C=O) groups excluding carboxylic acids is 4. The molecule has 0 radical (unpaired) electrons. The molecule has 12 heteroatoms. The van der Waals surface area contributed by atoms with Gasteiger partial charge < -0.3 is 35.7 Å². The fourth-order valence-corrected chi connectivity index (χ4v) is 4.95. The minimum Gasteiger partial charge on any atom is -0.497 e. The van der Waals surface area contributed by atoms with Crippen molar-refractivity contribution in [1.29, 1.82) is 0 Å². The Hall–Kier alpha value is -4.16. The van der Waals surface area contributed by atoms with Crippen LogP contribution in [-0.4, -0.2) is 83.9 Å². The summed E-state index contributed by atoms with van der Waals surface area (Å²) in [5.74, 6) is -1.24. The summed E-state index contributed by atoms with van der Waals surface area (Å²) in [7, 11) is 1.55. The van der Waals surface area contributed by atoms with E-state index in [0.29, 0.717) is 18.7 Å². The molecule has 0 saturated carbocycles. The van der Waals surface area contributed by atoms with E-state index in [1.807, 2.05) is 23.1 Å². The maximum absolute atomic E-state index is 13.5. The molecule has 1 saturated heterocycles. The summed E-state index contributed by atoms with van der Waals surface area (Å²) in [6.07, 6.45) is -0.953. The Morgan fingerprint density at radius 3 is 2.32 bits per heavy atom. The molecule has 3 amide bonds. The normalized spacial score (nSPS) is 17.2. The lowest BCUT2D eigenvalue weighted by Crippen LogP contribution is -2.56. The summed E-state index contributed by atoms with van der Waals surface area (Å²) in [6, 6.07) is 13.4. The van der Waals surface area contributed by atoms with E-state index in [0.717, 1.165) is 17.5 Å². The van der Waals surface area contributed by atoms with Gasteiger partial charge in [0.25, 0.3) is 0 Å². The number of amides is 3. The van der Waals surface area contributed by atoms with E-state index in [1.54, 1.807) is 64.3 Å². The van der Waals surface area contributed by atoms with Crippen LogP contribution in [0.15, 0.2) is 54.6 Å². The van der Waals surface area contributed by atoms with Crippen molar-refractivity contribution in [3.05, 3.63) is 65.7 Å². The average molecular weight is 613 g/mol. The number of primary amides is 1. The monoisotopic (exact) mass is 612 g/mol. The lowest BCUT2D eigenvalue weighted by atomic mass is 9.99. The molecular weight excluding hydrogens is 568 g/mol. The van der Waals surface area contributed by atoms with Crippen LogP contribution in [0.1, 0.15) is 51.2 Å². The Kier molecular flexibility index (Phi) is 12.5. The second-order valence-electron chi connectivity index (χ2n) is 11.9. The number of rotatable bonds is 14. The highest BCUT2D eigenvalue weighted by Crippen LogP contribution is 2.22. The second-order valence-corrected chi connectivity index (χ2v) is 11.9. The van der Waals surface area contributed by atoms with Crippen molar-refractivity contribution in [2.45, 2.75) is 82.9 Å². The van der Waals surface area contributed by atoms with Crippen LogP contribution in [0, 0.1) is 0 Å². The third-order valence-electron chi connectivity index (χ3n) is 7.10. The standard InChI is InChI=1S/C32H44N4O8/c1-32(2,3)44-30(40)26-11-8-16-36(26)19-27(37)24(17-21-12-14-23(42-4)15-13-21)34-29(39)25(18-28(33)38)35-31(41)43-20-22-9-6-5-7-10-22/h5-7,9-10,12-15,24-27,37H,8,11,16-20H2,1-4H3,(H2,33,38)(H,34,39)(H,35,41)/t24-,25-,26-,27+/m0/s1. The molecule has 4 atom stereocenters. The molecule has 1 aliphatic heterocycles. The van der Waals surface area contributed by atoms with E-state index in [1.165, 1.54) is 0 Å². The number of nitrogens with one attached hydrogen (secondary N) is 2. The SMILES string of the molecule is COc1ccc(C[C@H](NC(=O)[C@H](CC(N)=O)NC(=O)OCc2ccccc2)[C@H](O)CN2CCC[C@H]2C(=O)OC(C)(C)C)cc1. The van der Waals surface area contributed by atoms with Crippen LogP contribution in [0.5, 0.6) is 5.75 Å². The molecule has 0 spiro atoms. The van der Waals surface area contributed by atoms with Gasteiger partial charge in [-0.05, 0) is 69.8 Å². The number of benzene rings is 2. The van der Waals surface area contributed by atoms with Gasteiger partial charge in [0.05, 0.1) is 25.7 Å². The van der Waals surface area contributed by atoms with Crippen molar-refractivity contribution >= 4 is 23.9 Å². The van der Waals surface area contributed by atoms with Crippen LogP contribution in [0.25, 0.3) is 0 Å². The topological polar surface area (TPSA) is 170 Å². The Morgan fingerprint density at radius 2 is 1.70 bits per heavy atom. The lowest BCUT2D eigenvalue weighted by Gasteiger charge is -2.32. The molecule has 2 aromatic carbocycles. The molecule has 12 nitrogen and oxygen atoms in total. The van der Waals surface area contributed by atoms with E-state index in [9.17, 15) is 24.3 Å². The molecule has 1 heterocycles. The third-order valence-corrected chi connectivity index (χ3v) is 7.10. The van der Waals surface area contributed by atoms with Gasteiger partial charge in [-0.1, -0.05) is 42.5 Å². The maximum Gasteiger partial charge on any atom is 0.408 e. The van der Waals surface area contributed by atoms with Gasteiger partial charge in [-0.3, -0.25) is 19.3 Å². The highest BCUT2D eigenvalue weighted by molar-refractivity contribution is 5.90. The molecule has 1 aliphatic rings. The van der Waals surface area contributed by atoms with E-state index in [-0.39, 0.29) is 25.5 Å². The summed E-state index contributed by atoms with van der Waals surface area (Å²) < 4.78 is 16.0. The predicted octanol–water partition coefficient (Wildman–Crippen LogP) is 2.06. The van der Waals surface area contributed by atoms with E-state index >= 15 is 0 Å². The first-order chi connectivity index (χ1) is 20.8. The maximum atomic E-state index is 13.5. The van der Waals surface area contributed by atoms with Crippen LogP contribution in [0.2, 0.25) is 0 Å². The molecule has 3 rings (SSSR count). The number of carbonyl (C=O) groups is 4. The lowest BCUT2D eigenvalue weighted by molar-refractivity contribution is -0.160. The van der Waals surface area contributed by atoms with Crippen molar-refractivity contribution in [2.75, 3.05) is 20.2 Å². The zero-order valence-corrected chi connectivity index (χ0v) is 25.8. The fraction of sp³-hybridized carbons (Fsp3) is 0.500. The smallest absolute Gasteiger partial charge is 0.408 e. The number of alkyl carbamates (subject to hydrolysis) is 1. The zero-order valence-electron chi connectivity index (χ0n) is 25.8. The number of hydrogen-bond acceptors (Lipinski definition) is 9. The zero-order chi connectivity index (χ0) is 32.3. The molecule has 0 unspecified atom stereocenters.